The van der Waals surface area contributed by atoms with Gasteiger partial charge in [0.1, 0.15) is 5.75 Å². The van der Waals surface area contributed by atoms with Crippen LogP contribution in [0.25, 0.3) is 0 Å². The molecule has 0 atom stereocenters. The minimum absolute atomic E-state index is 0.155. The second-order valence-electron chi connectivity index (χ2n) is 10.7. The molecule has 1 aliphatic rings. The summed E-state index contributed by atoms with van der Waals surface area (Å²) in [4.78, 5) is 0. The number of hydrogen-bond donors (Lipinski definition) is 0. The van der Waals surface area contributed by atoms with Crippen LogP contribution in [0.15, 0.2) is 48.5 Å². The summed E-state index contributed by atoms with van der Waals surface area (Å²) < 4.78 is 74.0. The van der Waals surface area contributed by atoms with Crippen LogP contribution in [0.5, 0.6) is 5.75 Å². The third kappa shape index (κ3) is 11.3. The summed E-state index contributed by atoms with van der Waals surface area (Å²) in [5.41, 5.74) is 2.08. The monoisotopic (exact) mass is 540 g/mol. The Labute approximate surface area is 223 Å². The molecule has 0 aromatic heterocycles. The lowest BCUT2D eigenvalue weighted by atomic mass is 9.77. The van der Waals surface area contributed by atoms with Gasteiger partial charge in [0.05, 0.1) is 13.0 Å². The van der Waals surface area contributed by atoms with E-state index in [-0.39, 0.29) is 12.2 Å². The van der Waals surface area contributed by atoms with Gasteiger partial charge in [-0.15, -0.1) is 13.2 Å². The number of benzene rings is 2. The van der Waals surface area contributed by atoms with E-state index in [4.69, 9.17) is 4.74 Å². The number of alkyl halides is 5. The van der Waals surface area contributed by atoms with Crippen molar-refractivity contribution < 1.29 is 31.4 Å². The van der Waals surface area contributed by atoms with Gasteiger partial charge in [-0.1, -0.05) is 94.7 Å². The summed E-state index contributed by atoms with van der Waals surface area (Å²) in [5.74, 6) is 0.915. The Morgan fingerprint density at radius 3 is 1.89 bits per heavy atom. The molecule has 0 heterocycles. The van der Waals surface area contributed by atoms with E-state index >= 15 is 0 Å². The maximum Gasteiger partial charge on any atom is 0.573 e. The van der Waals surface area contributed by atoms with Gasteiger partial charge in [0.15, 0.2) is 0 Å². The van der Waals surface area contributed by atoms with Crippen LogP contribution >= 0.6 is 0 Å². The molecule has 0 saturated heterocycles. The zero-order chi connectivity index (χ0) is 27.4. The van der Waals surface area contributed by atoms with Crippen molar-refractivity contribution in [2.45, 2.75) is 115 Å². The molecule has 0 spiro atoms. The lowest BCUT2D eigenvalue weighted by Gasteiger charge is -2.29. The predicted molar refractivity (Wildman–Crippen MR) is 140 cm³/mol. The fraction of sp³-hybridized carbons (Fsp3) is 0.613. The molecule has 212 valence electrons. The number of rotatable bonds is 15. The Balaban J connectivity index is 1.36. The zero-order valence-corrected chi connectivity index (χ0v) is 22.4. The molecule has 0 amide bonds. The highest BCUT2D eigenvalue weighted by atomic mass is 19.4. The first-order valence-electron chi connectivity index (χ1n) is 14.1. The molecule has 1 saturated carbocycles. The van der Waals surface area contributed by atoms with Gasteiger partial charge in [-0.25, -0.2) is 0 Å². The molecule has 1 fully saturated rings. The molecular weight excluding hydrogens is 499 g/mol. The van der Waals surface area contributed by atoms with Crippen molar-refractivity contribution in [2.24, 2.45) is 5.92 Å². The molecule has 7 heteroatoms. The van der Waals surface area contributed by atoms with Crippen molar-refractivity contribution in [3.8, 4) is 5.75 Å². The summed E-state index contributed by atoms with van der Waals surface area (Å²) >= 11 is 0. The molecule has 0 aliphatic heterocycles. The van der Waals surface area contributed by atoms with Gasteiger partial charge in [-0.05, 0) is 66.3 Å². The average Bonchev–Trinajstić information content (AvgIpc) is 2.88. The Bertz CT molecular complexity index is 917. The van der Waals surface area contributed by atoms with Gasteiger partial charge in [-0.3, -0.25) is 0 Å². The first-order chi connectivity index (χ1) is 18.1. The fourth-order valence-electron chi connectivity index (χ4n) is 5.35. The lowest BCUT2D eigenvalue weighted by Crippen LogP contribution is -2.24. The Morgan fingerprint density at radius 2 is 1.29 bits per heavy atom. The third-order valence-electron chi connectivity index (χ3n) is 7.53. The number of ether oxygens (including phenoxy) is 2. The van der Waals surface area contributed by atoms with Crippen LogP contribution < -0.4 is 4.74 Å². The van der Waals surface area contributed by atoms with Gasteiger partial charge in [-0.2, -0.15) is 8.78 Å². The second-order valence-corrected chi connectivity index (χ2v) is 10.7. The number of unbranched alkanes of at least 4 members (excludes halogenated alkanes) is 6. The van der Waals surface area contributed by atoms with Crippen LogP contribution in [-0.2, 0) is 17.8 Å². The molecular formula is C31H41F5O2. The van der Waals surface area contributed by atoms with E-state index in [1.165, 1.54) is 94.7 Å². The zero-order valence-electron chi connectivity index (χ0n) is 22.4. The van der Waals surface area contributed by atoms with Crippen LogP contribution in [0.3, 0.4) is 0 Å². The summed E-state index contributed by atoms with van der Waals surface area (Å²) in [6.07, 6.45) is 6.70. The third-order valence-corrected chi connectivity index (χ3v) is 7.53. The minimum atomic E-state index is -4.82. The van der Waals surface area contributed by atoms with Crippen LogP contribution in [0.4, 0.5) is 22.0 Å². The van der Waals surface area contributed by atoms with E-state index in [0.29, 0.717) is 11.5 Å². The van der Waals surface area contributed by atoms with Crippen LogP contribution in [0, 0.1) is 5.92 Å². The molecule has 0 N–H and O–H groups in total. The molecule has 0 unspecified atom stereocenters. The first kappa shape index (κ1) is 30.4. The quantitative estimate of drug-likeness (QED) is 0.165. The smallest absolute Gasteiger partial charge is 0.406 e. The first-order valence-corrected chi connectivity index (χ1v) is 14.1. The minimum Gasteiger partial charge on any atom is -0.406 e. The molecule has 38 heavy (non-hydrogen) atoms. The maximum atomic E-state index is 14.3. The average molecular weight is 541 g/mol. The summed E-state index contributed by atoms with van der Waals surface area (Å²) in [6.45, 7) is 2.01. The normalized spacial score (nSPS) is 18.5. The van der Waals surface area contributed by atoms with Crippen molar-refractivity contribution in [1.82, 2.24) is 0 Å². The van der Waals surface area contributed by atoms with Crippen molar-refractivity contribution in [3.63, 3.8) is 0 Å². The Morgan fingerprint density at radius 1 is 0.711 bits per heavy atom. The van der Waals surface area contributed by atoms with E-state index in [1.54, 1.807) is 0 Å². The molecule has 3 rings (SSSR count). The second kappa shape index (κ2) is 14.9. The van der Waals surface area contributed by atoms with Gasteiger partial charge < -0.3 is 9.47 Å². The van der Waals surface area contributed by atoms with E-state index in [1.807, 2.05) is 24.3 Å². The SMILES string of the molecule is CCCCCCCCCC1CCC(c2ccc(COC(F)(F)Cc3ccc(OC(F)(F)F)cc3)cc2)CC1. The molecule has 2 aromatic carbocycles. The number of hydrogen-bond acceptors (Lipinski definition) is 2. The number of halogens is 5. The Kier molecular flexibility index (Phi) is 11.9. The van der Waals surface area contributed by atoms with Gasteiger partial charge in [0.2, 0.25) is 0 Å². The molecule has 0 bridgehead atoms. The highest BCUT2D eigenvalue weighted by molar-refractivity contribution is 5.28. The van der Waals surface area contributed by atoms with E-state index in [0.717, 1.165) is 18.1 Å². The molecule has 1 aliphatic carbocycles. The van der Waals surface area contributed by atoms with Crippen molar-refractivity contribution in [3.05, 3.63) is 65.2 Å². The van der Waals surface area contributed by atoms with Crippen molar-refractivity contribution in [2.75, 3.05) is 0 Å². The fourth-order valence-corrected chi connectivity index (χ4v) is 5.35. The predicted octanol–water partition coefficient (Wildman–Crippen LogP) is 10.4. The largest absolute Gasteiger partial charge is 0.573 e. The van der Waals surface area contributed by atoms with Crippen molar-refractivity contribution in [1.29, 1.82) is 0 Å². The molecule has 2 aromatic rings. The molecule has 2 nitrogen and oxygen atoms in total. The summed E-state index contributed by atoms with van der Waals surface area (Å²) in [5, 5.41) is 0. The van der Waals surface area contributed by atoms with Crippen LogP contribution in [-0.4, -0.2) is 12.5 Å². The van der Waals surface area contributed by atoms with E-state index < -0.39 is 24.6 Å². The standard InChI is InChI=1S/C31H41F5O2/c1-2-3-4-5-6-7-8-9-24-10-16-27(17-11-24)28-18-12-26(13-19-28)23-37-30(32,33)22-25-14-20-29(21-15-25)38-31(34,35)36/h12-15,18-21,24,27H,2-11,16-17,22-23H2,1H3. The van der Waals surface area contributed by atoms with E-state index in [2.05, 4.69) is 11.7 Å². The van der Waals surface area contributed by atoms with Crippen molar-refractivity contribution >= 4 is 0 Å². The van der Waals surface area contributed by atoms with Crippen LogP contribution in [0.2, 0.25) is 0 Å². The summed E-state index contributed by atoms with van der Waals surface area (Å²) in [7, 11) is 0. The highest BCUT2D eigenvalue weighted by Crippen LogP contribution is 2.38. The van der Waals surface area contributed by atoms with Gasteiger partial charge in [0, 0.05) is 0 Å². The Hall–Kier alpha value is -2.15. The van der Waals surface area contributed by atoms with Crippen LogP contribution in [0.1, 0.15) is 107 Å². The highest BCUT2D eigenvalue weighted by Gasteiger charge is 2.32. The van der Waals surface area contributed by atoms with Gasteiger partial charge in [0.25, 0.3) is 0 Å². The lowest BCUT2D eigenvalue weighted by molar-refractivity contribution is -0.274. The summed E-state index contributed by atoms with van der Waals surface area (Å²) in [6, 6.07) is 12.1. The topological polar surface area (TPSA) is 18.5 Å². The van der Waals surface area contributed by atoms with Gasteiger partial charge >= 0.3 is 12.5 Å². The van der Waals surface area contributed by atoms with E-state index in [9.17, 15) is 22.0 Å². The maximum absolute atomic E-state index is 14.3. The molecule has 0 radical (unpaired) electrons.